The number of aromatic nitrogens is 3. The summed E-state index contributed by atoms with van der Waals surface area (Å²) in [6.45, 7) is 0. The zero-order chi connectivity index (χ0) is 24.6. The molecular formula is C25H22BrN5O3S. The van der Waals surface area contributed by atoms with E-state index in [2.05, 4.69) is 36.7 Å². The molecule has 8 nitrogen and oxygen atoms in total. The second kappa shape index (κ2) is 11.7. The Morgan fingerprint density at radius 3 is 2.51 bits per heavy atom. The van der Waals surface area contributed by atoms with E-state index >= 15 is 0 Å². The van der Waals surface area contributed by atoms with E-state index in [-0.39, 0.29) is 11.7 Å². The predicted molar refractivity (Wildman–Crippen MR) is 141 cm³/mol. The smallest absolute Gasteiger partial charge is 0.250 e. The quantitative estimate of drug-likeness (QED) is 0.180. The lowest BCUT2D eigenvalue weighted by atomic mass is 10.2. The van der Waals surface area contributed by atoms with Crippen molar-refractivity contribution >= 4 is 39.8 Å². The van der Waals surface area contributed by atoms with E-state index in [1.807, 2.05) is 71.3 Å². The number of benzene rings is 3. The molecule has 4 rings (SSSR count). The molecule has 178 valence electrons. The number of nitrogens with zero attached hydrogens (tertiary/aromatic N) is 4. The van der Waals surface area contributed by atoms with E-state index in [1.54, 1.807) is 20.3 Å². The molecule has 0 saturated heterocycles. The van der Waals surface area contributed by atoms with Gasteiger partial charge in [0.25, 0.3) is 5.91 Å². The molecular weight excluding hydrogens is 530 g/mol. The molecule has 0 unspecified atom stereocenters. The molecule has 3 aromatic carbocycles. The summed E-state index contributed by atoms with van der Waals surface area (Å²) < 4.78 is 13.6. The molecule has 1 N–H and O–H groups in total. The van der Waals surface area contributed by atoms with Crippen LogP contribution in [0.25, 0.3) is 17.1 Å². The van der Waals surface area contributed by atoms with Crippen molar-refractivity contribution < 1.29 is 14.3 Å². The number of carbonyl (C=O) groups excluding carboxylic acids is 1. The molecule has 0 radical (unpaired) electrons. The predicted octanol–water partition coefficient (Wildman–Crippen LogP) is 4.96. The molecule has 1 amide bonds. The van der Waals surface area contributed by atoms with Crippen LogP contribution >= 0.6 is 27.7 Å². The summed E-state index contributed by atoms with van der Waals surface area (Å²) in [7, 11) is 3.12. The van der Waals surface area contributed by atoms with Gasteiger partial charge in [-0.15, -0.1) is 10.2 Å². The number of hydrogen-bond acceptors (Lipinski definition) is 7. The molecule has 0 spiro atoms. The van der Waals surface area contributed by atoms with Crippen LogP contribution in [-0.2, 0) is 4.79 Å². The minimum absolute atomic E-state index is 0.109. The molecule has 4 aromatic rings. The van der Waals surface area contributed by atoms with Crippen LogP contribution in [0.1, 0.15) is 5.56 Å². The monoisotopic (exact) mass is 551 g/mol. The van der Waals surface area contributed by atoms with E-state index in [1.165, 1.54) is 18.0 Å². The van der Waals surface area contributed by atoms with Crippen molar-refractivity contribution in [3.63, 3.8) is 0 Å². The Hall–Kier alpha value is -3.63. The number of halogens is 1. The van der Waals surface area contributed by atoms with Gasteiger partial charge in [-0.05, 0) is 36.4 Å². The van der Waals surface area contributed by atoms with E-state index < -0.39 is 0 Å². The number of para-hydroxylation sites is 2. The summed E-state index contributed by atoms with van der Waals surface area (Å²) in [6, 6.07) is 23.1. The molecule has 1 heterocycles. The molecule has 1 aromatic heterocycles. The number of thioether (sulfide) groups is 1. The average Bonchev–Trinajstić information content (AvgIpc) is 3.32. The Balaban J connectivity index is 1.49. The third-order valence-electron chi connectivity index (χ3n) is 4.91. The highest BCUT2D eigenvalue weighted by Gasteiger charge is 2.17. The van der Waals surface area contributed by atoms with Gasteiger partial charge in [-0.25, -0.2) is 5.43 Å². The van der Waals surface area contributed by atoms with Crippen molar-refractivity contribution in [3.8, 4) is 28.6 Å². The van der Waals surface area contributed by atoms with Gasteiger partial charge in [-0.3, -0.25) is 9.36 Å². The fourth-order valence-electron chi connectivity index (χ4n) is 3.31. The standard InChI is InChI=1S/C25H22BrN5O3S/c1-33-21-10-6-7-18(23(21)34-2)15-27-28-22(32)16-35-25-30-29-24(17-11-13-19(26)14-12-17)31(25)20-8-4-3-5-9-20/h3-15H,16H2,1-2H3,(H,28,32)/b27-15-. The van der Waals surface area contributed by atoms with Crippen molar-refractivity contribution in [3.05, 3.63) is 82.8 Å². The minimum Gasteiger partial charge on any atom is -0.493 e. The minimum atomic E-state index is -0.277. The van der Waals surface area contributed by atoms with E-state index in [4.69, 9.17) is 9.47 Å². The maximum Gasteiger partial charge on any atom is 0.250 e. The number of hydrogen-bond donors (Lipinski definition) is 1. The van der Waals surface area contributed by atoms with Crippen molar-refractivity contribution in [2.24, 2.45) is 5.10 Å². The van der Waals surface area contributed by atoms with Crippen LogP contribution < -0.4 is 14.9 Å². The number of amides is 1. The summed E-state index contributed by atoms with van der Waals surface area (Å²) >= 11 is 4.74. The number of carbonyl (C=O) groups is 1. The van der Waals surface area contributed by atoms with Crippen LogP contribution in [0.2, 0.25) is 0 Å². The Morgan fingerprint density at radius 2 is 1.80 bits per heavy atom. The first-order valence-electron chi connectivity index (χ1n) is 10.5. The first-order chi connectivity index (χ1) is 17.1. The number of methoxy groups -OCH3 is 2. The van der Waals surface area contributed by atoms with Crippen molar-refractivity contribution in [2.75, 3.05) is 20.0 Å². The van der Waals surface area contributed by atoms with E-state index in [0.717, 1.165) is 15.7 Å². The average molecular weight is 552 g/mol. The molecule has 0 atom stereocenters. The van der Waals surface area contributed by atoms with Gasteiger partial charge in [0.05, 0.1) is 26.2 Å². The van der Waals surface area contributed by atoms with Crippen molar-refractivity contribution in [1.29, 1.82) is 0 Å². The molecule has 0 bridgehead atoms. The normalized spacial score (nSPS) is 10.9. The van der Waals surface area contributed by atoms with Gasteiger partial charge in [-0.1, -0.05) is 64.1 Å². The number of hydrazone groups is 1. The highest BCUT2D eigenvalue weighted by molar-refractivity contribution is 9.10. The molecule has 0 aliphatic rings. The number of rotatable bonds is 9. The lowest BCUT2D eigenvalue weighted by molar-refractivity contribution is -0.118. The zero-order valence-corrected chi connectivity index (χ0v) is 21.4. The van der Waals surface area contributed by atoms with Gasteiger partial charge in [0.2, 0.25) is 0 Å². The van der Waals surface area contributed by atoms with Gasteiger partial charge < -0.3 is 9.47 Å². The second-order valence-electron chi connectivity index (χ2n) is 7.15. The molecule has 0 aliphatic carbocycles. The molecule has 0 fully saturated rings. The highest BCUT2D eigenvalue weighted by atomic mass is 79.9. The van der Waals surface area contributed by atoms with Gasteiger partial charge in [0.1, 0.15) is 0 Å². The van der Waals surface area contributed by atoms with Crippen LogP contribution in [0.3, 0.4) is 0 Å². The number of nitrogens with one attached hydrogen (secondary N) is 1. The van der Waals surface area contributed by atoms with Gasteiger partial charge in [-0.2, -0.15) is 5.10 Å². The Kier molecular flexibility index (Phi) is 8.17. The van der Waals surface area contributed by atoms with E-state index in [0.29, 0.717) is 28.0 Å². The Morgan fingerprint density at radius 1 is 1.03 bits per heavy atom. The van der Waals surface area contributed by atoms with Crippen LogP contribution in [0.15, 0.2) is 87.5 Å². The van der Waals surface area contributed by atoms with Crippen LogP contribution in [0.4, 0.5) is 0 Å². The topological polar surface area (TPSA) is 90.6 Å². The lowest BCUT2D eigenvalue weighted by Gasteiger charge is -2.10. The van der Waals surface area contributed by atoms with E-state index in [9.17, 15) is 4.79 Å². The molecule has 10 heteroatoms. The lowest BCUT2D eigenvalue weighted by Crippen LogP contribution is -2.20. The fourth-order valence-corrected chi connectivity index (χ4v) is 4.32. The number of ether oxygens (including phenoxy) is 2. The van der Waals surface area contributed by atoms with Crippen molar-refractivity contribution in [2.45, 2.75) is 5.16 Å². The zero-order valence-electron chi connectivity index (χ0n) is 19.0. The Labute approximate surface area is 215 Å². The highest BCUT2D eigenvalue weighted by Crippen LogP contribution is 2.30. The third-order valence-corrected chi connectivity index (χ3v) is 6.37. The molecule has 35 heavy (non-hydrogen) atoms. The molecule has 0 aliphatic heterocycles. The largest absolute Gasteiger partial charge is 0.493 e. The van der Waals surface area contributed by atoms with Crippen molar-refractivity contribution in [1.82, 2.24) is 20.2 Å². The molecule has 0 saturated carbocycles. The van der Waals surface area contributed by atoms with Crippen LogP contribution in [-0.4, -0.2) is 46.9 Å². The SMILES string of the molecule is COc1cccc(/C=N\NC(=O)CSc2nnc(-c3ccc(Br)cc3)n2-c2ccccc2)c1OC. The summed E-state index contributed by atoms with van der Waals surface area (Å²) in [5.41, 5.74) is 5.05. The first kappa shape index (κ1) is 24.5. The third kappa shape index (κ3) is 5.90. The summed E-state index contributed by atoms with van der Waals surface area (Å²) in [4.78, 5) is 12.5. The first-order valence-corrected chi connectivity index (χ1v) is 12.3. The Bertz CT molecular complexity index is 1330. The summed E-state index contributed by atoms with van der Waals surface area (Å²) in [5.74, 6) is 1.65. The summed E-state index contributed by atoms with van der Waals surface area (Å²) in [5, 5.41) is 13.4. The van der Waals surface area contributed by atoms with Gasteiger partial charge >= 0.3 is 0 Å². The fraction of sp³-hybridized carbons (Fsp3) is 0.120. The van der Waals surface area contributed by atoms with Gasteiger partial charge in [0.15, 0.2) is 22.5 Å². The maximum absolute atomic E-state index is 12.5. The van der Waals surface area contributed by atoms with Crippen LogP contribution in [0, 0.1) is 0 Å². The van der Waals surface area contributed by atoms with Gasteiger partial charge in [0, 0.05) is 21.3 Å². The maximum atomic E-state index is 12.5. The summed E-state index contributed by atoms with van der Waals surface area (Å²) in [6.07, 6.45) is 1.52. The van der Waals surface area contributed by atoms with Crippen LogP contribution in [0.5, 0.6) is 11.5 Å². The second-order valence-corrected chi connectivity index (χ2v) is 9.01.